The predicted molar refractivity (Wildman–Crippen MR) is 57.5 cm³/mol. The lowest BCUT2D eigenvalue weighted by molar-refractivity contribution is 0.0326. The lowest BCUT2D eigenvalue weighted by Gasteiger charge is -2.39. The second kappa shape index (κ2) is 3.49. The van der Waals surface area contributed by atoms with Gasteiger partial charge in [0.05, 0.1) is 6.61 Å². The smallest absolute Gasteiger partial charge is 0.0738 e. The molecule has 0 radical (unpaired) electrons. The molecule has 2 rings (SSSR count). The summed E-state index contributed by atoms with van der Waals surface area (Å²) >= 11 is 0. The standard InChI is InChI=1S/C12H23NO/c1-11(2)5-3-4-10(8-11)12(6-7-12)9-14-13/h10H,3-9,13H2,1-2H3. The fourth-order valence-electron chi connectivity index (χ4n) is 3.22. The topological polar surface area (TPSA) is 35.2 Å². The van der Waals surface area contributed by atoms with Gasteiger partial charge in [0.1, 0.15) is 0 Å². The van der Waals surface area contributed by atoms with Crippen molar-refractivity contribution in [1.82, 2.24) is 0 Å². The van der Waals surface area contributed by atoms with Gasteiger partial charge in [-0.3, -0.25) is 0 Å². The summed E-state index contributed by atoms with van der Waals surface area (Å²) in [5.41, 5.74) is 1.03. The maximum Gasteiger partial charge on any atom is 0.0738 e. The van der Waals surface area contributed by atoms with Crippen molar-refractivity contribution in [3.05, 3.63) is 0 Å². The minimum absolute atomic E-state index is 0.479. The first-order valence-corrected chi connectivity index (χ1v) is 5.90. The molecule has 2 heteroatoms. The van der Waals surface area contributed by atoms with E-state index in [0.29, 0.717) is 10.8 Å². The van der Waals surface area contributed by atoms with Gasteiger partial charge in [0, 0.05) is 0 Å². The first kappa shape index (κ1) is 10.4. The zero-order valence-electron chi connectivity index (χ0n) is 9.51. The van der Waals surface area contributed by atoms with Crippen LogP contribution >= 0.6 is 0 Å². The Morgan fingerprint density at radius 2 is 2.00 bits per heavy atom. The zero-order chi connectivity index (χ0) is 10.2. The molecule has 0 spiro atoms. The van der Waals surface area contributed by atoms with Gasteiger partial charge in [-0.15, -0.1) is 0 Å². The van der Waals surface area contributed by atoms with E-state index in [1.54, 1.807) is 0 Å². The summed E-state index contributed by atoms with van der Waals surface area (Å²) in [6.07, 6.45) is 8.23. The summed E-state index contributed by atoms with van der Waals surface area (Å²) in [5.74, 6) is 6.10. The van der Waals surface area contributed by atoms with E-state index in [1.165, 1.54) is 38.5 Å². The summed E-state index contributed by atoms with van der Waals surface area (Å²) in [5, 5.41) is 0. The Hall–Kier alpha value is -0.0800. The Kier molecular flexibility index (Phi) is 2.61. The molecular formula is C12H23NO. The highest BCUT2D eigenvalue weighted by Gasteiger charge is 2.51. The lowest BCUT2D eigenvalue weighted by atomic mass is 9.67. The second-order valence-electron chi connectivity index (χ2n) is 6.13. The van der Waals surface area contributed by atoms with Crippen molar-refractivity contribution >= 4 is 0 Å². The number of rotatable bonds is 3. The van der Waals surface area contributed by atoms with Crippen LogP contribution in [0.1, 0.15) is 52.4 Å². The average Bonchev–Trinajstić information content (AvgIpc) is 2.84. The van der Waals surface area contributed by atoms with Crippen LogP contribution in [-0.2, 0) is 4.84 Å². The van der Waals surface area contributed by atoms with Crippen LogP contribution in [0.25, 0.3) is 0 Å². The lowest BCUT2D eigenvalue weighted by Crippen LogP contribution is -2.31. The van der Waals surface area contributed by atoms with Gasteiger partial charge < -0.3 is 4.84 Å². The van der Waals surface area contributed by atoms with Crippen LogP contribution in [0, 0.1) is 16.7 Å². The molecule has 0 amide bonds. The quantitative estimate of drug-likeness (QED) is 0.706. The summed E-state index contributed by atoms with van der Waals surface area (Å²) in [6, 6.07) is 0. The van der Waals surface area contributed by atoms with Crippen LogP contribution in [0.2, 0.25) is 0 Å². The maximum absolute atomic E-state index is 5.23. The molecule has 2 N–H and O–H groups in total. The molecule has 0 aromatic carbocycles. The third kappa shape index (κ3) is 1.96. The minimum Gasteiger partial charge on any atom is -0.304 e. The average molecular weight is 197 g/mol. The van der Waals surface area contributed by atoms with Gasteiger partial charge in [0.2, 0.25) is 0 Å². The molecule has 1 atom stereocenters. The van der Waals surface area contributed by atoms with Crippen molar-refractivity contribution in [3.63, 3.8) is 0 Å². The molecule has 14 heavy (non-hydrogen) atoms. The van der Waals surface area contributed by atoms with Gasteiger partial charge in [-0.25, -0.2) is 5.90 Å². The predicted octanol–water partition coefficient (Wildman–Crippen LogP) is 2.87. The summed E-state index contributed by atoms with van der Waals surface area (Å²) in [6.45, 7) is 5.59. The van der Waals surface area contributed by atoms with E-state index in [4.69, 9.17) is 10.7 Å². The summed E-state index contributed by atoms with van der Waals surface area (Å²) in [7, 11) is 0. The minimum atomic E-state index is 0.479. The normalized spacial score (nSPS) is 34.1. The van der Waals surface area contributed by atoms with Crippen LogP contribution in [0.15, 0.2) is 0 Å². The monoisotopic (exact) mass is 197 g/mol. The molecule has 0 saturated heterocycles. The van der Waals surface area contributed by atoms with Gasteiger partial charge >= 0.3 is 0 Å². The Bertz CT molecular complexity index is 208. The van der Waals surface area contributed by atoms with Crippen LogP contribution in [0.3, 0.4) is 0 Å². The maximum atomic E-state index is 5.23. The second-order valence-corrected chi connectivity index (χ2v) is 6.13. The van der Waals surface area contributed by atoms with Crippen molar-refractivity contribution in [1.29, 1.82) is 0 Å². The van der Waals surface area contributed by atoms with Crippen LogP contribution in [0.4, 0.5) is 0 Å². The highest BCUT2D eigenvalue weighted by Crippen LogP contribution is 2.58. The van der Waals surface area contributed by atoms with E-state index in [1.807, 2.05) is 0 Å². The largest absolute Gasteiger partial charge is 0.304 e. The van der Waals surface area contributed by atoms with E-state index >= 15 is 0 Å². The molecule has 0 aromatic rings. The van der Waals surface area contributed by atoms with E-state index in [9.17, 15) is 0 Å². The Morgan fingerprint density at radius 1 is 1.29 bits per heavy atom. The Labute approximate surface area is 87.1 Å². The van der Waals surface area contributed by atoms with Crippen molar-refractivity contribution in [2.24, 2.45) is 22.6 Å². The van der Waals surface area contributed by atoms with Crippen molar-refractivity contribution in [2.75, 3.05) is 6.61 Å². The third-order valence-corrected chi connectivity index (χ3v) is 4.33. The molecule has 2 nitrogen and oxygen atoms in total. The molecule has 1 unspecified atom stereocenters. The van der Waals surface area contributed by atoms with Crippen LogP contribution in [0.5, 0.6) is 0 Å². The van der Waals surface area contributed by atoms with E-state index in [2.05, 4.69) is 13.8 Å². The van der Waals surface area contributed by atoms with Crippen LogP contribution < -0.4 is 5.90 Å². The zero-order valence-corrected chi connectivity index (χ0v) is 9.51. The SMILES string of the molecule is CC1(C)CCCC(C2(CON)CC2)C1. The highest BCUT2D eigenvalue weighted by molar-refractivity contribution is 5.01. The third-order valence-electron chi connectivity index (χ3n) is 4.33. The summed E-state index contributed by atoms with van der Waals surface area (Å²) < 4.78 is 0. The molecule has 0 bridgehead atoms. The fourth-order valence-corrected chi connectivity index (χ4v) is 3.22. The molecular weight excluding hydrogens is 174 g/mol. The van der Waals surface area contributed by atoms with Crippen molar-refractivity contribution in [3.8, 4) is 0 Å². The van der Waals surface area contributed by atoms with Crippen molar-refractivity contribution in [2.45, 2.75) is 52.4 Å². The first-order chi connectivity index (χ1) is 6.58. The van der Waals surface area contributed by atoms with Crippen molar-refractivity contribution < 1.29 is 4.84 Å². The molecule has 0 aliphatic heterocycles. The Morgan fingerprint density at radius 3 is 2.50 bits per heavy atom. The Balaban J connectivity index is 1.97. The highest BCUT2D eigenvalue weighted by atomic mass is 16.6. The number of hydrogen-bond donors (Lipinski definition) is 1. The first-order valence-electron chi connectivity index (χ1n) is 5.90. The number of nitrogens with two attached hydrogens (primary N) is 1. The molecule has 0 aromatic heterocycles. The van der Waals surface area contributed by atoms with E-state index in [-0.39, 0.29) is 0 Å². The molecule has 2 aliphatic rings. The van der Waals surface area contributed by atoms with Crippen LogP contribution in [-0.4, -0.2) is 6.61 Å². The van der Waals surface area contributed by atoms with Gasteiger partial charge in [0.15, 0.2) is 0 Å². The summed E-state index contributed by atoms with van der Waals surface area (Å²) in [4.78, 5) is 4.89. The molecule has 82 valence electrons. The van der Waals surface area contributed by atoms with E-state index in [0.717, 1.165) is 12.5 Å². The van der Waals surface area contributed by atoms with Gasteiger partial charge in [-0.1, -0.05) is 20.3 Å². The molecule has 0 heterocycles. The molecule has 2 aliphatic carbocycles. The van der Waals surface area contributed by atoms with E-state index < -0.39 is 0 Å². The molecule has 2 saturated carbocycles. The van der Waals surface area contributed by atoms with Gasteiger partial charge in [-0.05, 0) is 48.9 Å². The fraction of sp³-hybridized carbons (Fsp3) is 1.00. The van der Waals surface area contributed by atoms with Gasteiger partial charge in [0.25, 0.3) is 0 Å². The number of hydrogen-bond acceptors (Lipinski definition) is 2. The van der Waals surface area contributed by atoms with Gasteiger partial charge in [-0.2, -0.15) is 0 Å². The molecule has 2 fully saturated rings.